The molecule has 10 heteroatoms. The second kappa shape index (κ2) is 3.47. The highest BCUT2D eigenvalue weighted by Gasteiger charge is 2.45. The molecule has 0 radical (unpaired) electrons. The van der Waals surface area contributed by atoms with E-state index in [-0.39, 0.29) is 4.70 Å². The van der Waals surface area contributed by atoms with Crippen LogP contribution in [0.25, 0.3) is 0 Å². The molecule has 0 bridgehead atoms. The molecule has 6 N–H and O–H groups in total. The van der Waals surface area contributed by atoms with Crippen molar-refractivity contribution in [2.45, 2.75) is 0 Å². The Labute approximate surface area is 56.7 Å². The maximum Gasteiger partial charge on any atom is 0.665 e. The summed E-state index contributed by atoms with van der Waals surface area (Å²) in [6.45, 7) is 0. The molecule has 0 amide bonds. The molecular formula is H7FO7Si2. The molecule has 0 atom stereocenters. The minimum atomic E-state index is -4.98. The molecule has 0 aliphatic rings. The van der Waals surface area contributed by atoms with Gasteiger partial charge in [-0.05, 0) is 0 Å². The van der Waals surface area contributed by atoms with Crippen molar-refractivity contribution in [1.29, 1.82) is 0 Å². The highest BCUT2D eigenvalue weighted by molar-refractivity contribution is 6.63. The molecule has 0 saturated heterocycles. The molecule has 10 heavy (non-hydrogen) atoms. The molecule has 0 spiro atoms. The van der Waals surface area contributed by atoms with Crippen molar-refractivity contribution in [2.24, 2.45) is 0 Å². The molecular weight excluding hydrogens is 187 g/mol. The zero-order chi connectivity index (χ0) is 7.71. The Morgan fingerprint density at radius 3 is 0.900 bits per heavy atom. The van der Waals surface area contributed by atoms with E-state index in [1.165, 1.54) is 0 Å². The van der Waals surface area contributed by atoms with Crippen LogP contribution in [-0.4, -0.2) is 46.9 Å². The summed E-state index contributed by atoms with van der Waals surface area (Å²) >= 11 is 0. The van der Waals surface area contributed by atoms with Crippen LogP contribution in [0.1, 0.15) is 0 Å². The summed E-state index contributed by atoms with van der Waals surface area (Å²) in [6, 6.07) is 0. The summed E-state index contributed by atoms with van der Waals surface area (Å²) in [4.78, 5) is 47.6. The summed E-state index contributed by atoms with van der Waals surface area (Å²) in [5.74, 6) is 0. The zero-order valence-electron chi connectivity index (χ0n) is 4.50. The van der Waals surface area contributed by atoms with E-state index in [0.717, 1.165) is 0 Å². The van der Waals surface area contributed by atoms with Gasteiger partial charge in [0.2, 0.25) is 0 Å². The smallest absolute Gasteiger partial charge is 0.368 e. The first-order chi connectivity index (χ1) is 3.71. The van der Waals surface area contributed by atoms with E-state index < -0.39 is 18.1 Å². The molecule has 7 nitrogen and oxygen atoms in total. The van der Waals surface area contributed by atoms with Crippen LogP contribution in [0, 0.1) is 0 Å². The quantitative estimate of drug-likeness (QED) is 0.247. The van der Waals surface area contributed by atoms with Crippen LogP contribution < -0.4 is 0 Å². The van der Waals surface area contributed by atoms with Gasteiger partial charge in [-0.25, -0.2) is 0 Å². The van der Waals surface area contributed by atoms with Gasteiger partial charge in [-0.3, -0.25) is 4.70 Å². The number of rotatable bonds is 2. The third-order valence-corrected chi connectivity index (χ3v) is 2.46. The van der Waals surface area contributed by atoms with E-state index in [1.807, 2.05) is 0 Å². The summed E-state index contributed by atoms with van der Waals surface area (Å²) < 4.78 is 3.24. The highest BCUT2D eigenvalue weighted by Crippen LogP contribution is 1.95. The average molecular weight is 194 g/mol. The normalized spacial score (nSPS) is 12.6. The van der Waals surface area contributed by atoms with Crippen molar-refractivity contribution in [3.8, 4) is 0 Å². The van der Waals surface area contributed by atoms with Gasteiger partial charge >= 0.3 is 18.1 Å². The molecule has 0 unspecified atom stereocenters. The molecule has 0 aliphatic heterocycles. The van der Waals surface area contributed by atoms with Crippen LogP contribution in [0.3, 0.4) is 0 Å². The molecule has 0 aromatic carbocycles. The first kappa shape index (κ1) is 12.7. The standard InChI is InChI=1S/FH.H6O7Si2/c;1-8(2,3)7-9(4,5)6/h1H;1-6H. The van der Waals surface area contributed by atoms with E-state index in [0.29, 0.717) is 0 Å². The fourth-order valence-corrected chi connectivity index (χ4v) is 1.65. The second-order valence-corrected chi connectivity index (χ2v) is 4.36. The van der Waals surface area contributed by atoms with Crippen molar-refractivity contribution >= 4 is 18.1 Å². The first-order valence-corrected chi connectivity index (χ1v) is 5.25. The van der Waals surface area contributed by atoms with E-state index in [9.17, 15) is 0 Å². The summed E-state index contributed by atoms with van der Waals surface area (Å²) in [6.07, 6.45) is 0. The predicted molar refractivity (Wildman–Crippen MR) is 28.4 cm³/mol. The molecule has 0 rings (SSSR count). The summed E-state index contributed by atoms with van der Waals surface area (Å²) in [7, 11) is -9.96. The fourth-order valence-electron chi connectivity index (χ4n) is 0.184. The van der Waals surface area contributed by atoms with E-state index in [2.05, 4.69) is 4.12 Å². The maximum atomic E-state index is 7.94. The summed E-state index contributed by atoms with van der Waals surface area (Å²) in [5, 5.41) is 0. The molecule has 0 aliphatic carbocycles. The van der Waals surface area contributed by atoms with Gasteiger partial charge in [0.1, 0.15) is 0 Å². The SMILES string of the molecule is F.O[Si](O)(O)O[Si](O)(O)O. The van der Waals surface area contributed by atoms with Crippen LogP contribution in [0.15, 0.2) is 0 Å². The highest BCUT2D eigenvalue weighted by atomic mass is 28.5. The van der Waals surface area contributed by atoms with Gasteiger partial charge in [-0.1, -0.05) is 0 Å². The van der Waals surface area contributed by atoms with E-state index in [1.54, 1.807) is 0 Å². The molecule has 64 valence electrons. The van der Waals surface area contributed by atoms with Gasteiger partial charge in [-0.15, -0.1) is 0 Å². The Morgan fingerprint density at radius 1 is 0.700 bits per heavy atom. The minimum absolute atomic E-state index is 0. The van der Waals surface area contributed by atoms with Crippen molar-refractivity contribution in [1.82, 2.24) is 0 Å². The van der Waals surface area contributed by atoms with Crippen LogP contribution >= 0.6 is 0 Å². The number of halogens is 1. The van der Waals surface area contributed by atoms with E-state index in [4.69, 9.17) is 28.8 Å². The summed E-state index contributed by atoms with van der Waals surface area (Å²) in [5.41, 5.74) is 0. The Morgan fingerprint density at radius 2 is 0.900 bits per heavy atom. The first-order valence-electron chi connectivity index (χ1n) is 1.75. The van der Waals surface area contributed by atoms with Crippen molar-refractivity contribution in [3.63, 3.8) is 0 Å². The lowest BCUT2D eigenvalue weighted by molar-refractivity contribution is 0.0406. The molecule has 0 fully saturated rings. The van der Waals surface area contributed by atoms with Crippen molar-refractivity contribution in [2.75, 3.05) is 0 Å². The zero-order valence-corrected chi connectivity index (χ0v) is 6.50. The molecule has 0 heterocycles. The van der Waals surface area contributed by atoms with Gasteiger partial charge in [-0.2, -0.15) is 0 Å². The van der Waals surface area contributed by atoms with Gasteiger partial charge < -0.3 is 32.9 Å². The van der Waals surface area contributed by atoms with Gasteiger partial charge in [0.25, 0.3) is 0 Å². The van der Waals surface area contributed by atoms with Crippen molar-refractivity contribution < 1.29 is 37.6 Å². The minimum Gasteiger partial charge on any atom is -0.368 e. The van der Waals surface area contributed by atoms with Crippen LogP contribution in [0.5, 0.6) is 0 Å². The Bertz CT molecular complexity index is 76.8. The Hall–Kier alpha value is 0.0838. The molecule has 0 aromatic heterocycles. The van der Waals surface area contributed by atoms with Gasteiger partial charge in [0.05, 0.1) is 0 Å². The topological polar surface area (TPSA) is 131 Å². The average Bonchev–Trinajstić information content (AvgIpc) is 1.14. The predicted octanol–water partition coefficient (Wildman–Crippen LogP) is -4.02. The van der Waals surface area contributed by atoms with Crippen LogP contribution in [0.2, 0.25) is 0 Å². The Kier molecular flexibility index (Phi) is 4.42. The lowest BCUT2D eigenvalue weighted by atomic mass is 15.6. The molecule has 0 saturated carbocycles. The number of hydrogen-bond donors (Lipinski definition) is 6. The molecule has 0 aromatic rings. The van der Waals surface area contributed by atoms with Crippen molar-refractivity contribution in [3.05, 3.63) is 0 Å². The number of hydrogen-bond acceptors (Lipinski definition) is 7. The largest absolute Gasteiger partial charge is 0.665 e. The third kappa shape index (κ3) is 11.0. The van der Waals surface area contributed by atoms with Gasteiger partial charge in [0.15, 0.2) is 0 Å². The van der Waals surface area contributed by atoms with E-state index >= 15 is 0 Å². The Balaban J connectivity index is 0. The second-order valence-electron chi connectivity index (χ2n) is 1.25. The lowest BCUT2D eigenvalue weighted by Crippen LogP contribution is -2.53. The third-order valence-electron chi connectivity index (χ3n) is 0.274. The lowest BCUT2D eigenvalue weighted by Gasteiger charge is -2.13. The van der Waals surface area contributed by atoms with Gasteiger partial charge in [0, 0.05) is 0 Å². The van der Waals surface area contributed by atoms with Crippen LogP contribution in [-0.2, 0) is 4.12 Å². The fraction of sp³-hybridized carbons (Fsp3) is 0. The maximum absolute atomic E-state index is 7.94. The van der Waals surface area contributed by atoms with Crippen LogP contribution in [0.4, 0.5) is 4.70 Å². The monoisotopic (exact) mass is 194 g/mol.